The van der Waals surface area contributed by atoms with Crippen LogP contribution in [0.4, 0.5) is 0 Å². The lowest BCUT2D eigenvalue weighted by Crippen LogP contribution is -2.39. The van der Waals surface area contributed by atoms with Crippen molar-refractivity contribution in [3.63, 3.8) is 0 Å². The predicted molar refractivity (Wildman–Crippen MR) is 118 cm³/mol. The van der Waals surface area contributed by atoms with Crippen LogP contribution in [0.2, 0.25) is 0 Å². The quantitative estimate of drug-likeness (QED) is 0.544. The number of morpholine rings is 1. The van der Waals surface area contributed by atoms with Gasteiger partial charge in [-0.15, -0.1) is 0 Å². The van der Waals surface area contributed by atoms with E-state index in [1.54, 1.807) is 7.11 Å². The van der Waals surface area contributed by atoms with Crippen LogP contribution in [0.1, 0.15) is 0 Å². The summed E-state index contributed by atoms with van der Waals surface area (Å²) in [5, 5.41) is 19.3. The third-order valence-electron chi connectivity index (χ3n) is 5.61. The van der Waals surface area contributed by atoms with E-state index in [1.807, 2.05) is 57.7 Å². The zero-order valence-electron chi connectivity index (χ0n) is 17.9. The van der Waals surface area contributed by atoms with Crippen molar-refractivity contribution < 1.29 is 19.3 Å². The summed E-state index contributed by atoms with van der Waals surface area (Å²) in [4.78, 5) is 2.36. The molecule has 1 atom stereocenters. The van der Waals surface area contributed by atoms with Gasteiger partial charge in [0.05, 0.1) is 37.9 Å². The summed E-state index contributed by atoms with van der Waals surface area (Å²) < 4.78 is 20.2. The van der Waals surface area contributed by atoms with Crippen LogP contribution in [0.5, 0.6) is 11.5 Å². The second kappa shape index (κ2) is 10.00. The standard InChI is InChI=1S/C23H30N4O4/c1-29-19-6-8-20(9-7-19)31-17-18(28)16-27-22-5-3-2-4-21(22)26(23(27)24)11-10-25-12-14-30-15-13-25/h2-9,18,24,28H,10-17H2,1H3/t18-/m0/s1. The lowest BCUT2D eigenvalue weighted by atomic mass is 10.3. The van der Waals surface area contributed by atoms with Gasteiger partial charge in [0.2, 0.25) is 5.62 Å². The van der Waals surface area contributed by atoms with Crippen LogP contribution in [-0.2, 0) is 17.8 Å². The number of para-hydroxylation sites is 2. The Kier molecular flexibility index (Phi) is 6.91. The van der Waals surface area contributed by atoms with Crippen molar-refractivity contribution in [2.45, 2.75) is 19.2 Å². The van der Waals surface area contributed by atoms with Gasteiger partial charge in [-0.05, 0) is 36.4 Å². The van der Waals surface area contributed by atoms with E-state index < -0.39 is 6.10 Å². The molecule has 2 aromatic carbocycles. The number of benzene rings is 2. The molecule has 1 aliphatic heterocycles. The largest absolute Gasteiger partial charge is 0.497 e. The molecule has 8 heteroatoms. The van der Waals surface area contributed by atoms with Crippen LogP contribution in [-0.4, -0.2) is 71.8 Å². The minimum absolute atomic E-state index is 0.145. The number of imidazole rings is 1. The number of hydrogen-bond donors (Lipinski definition) is 2. The molecule has 2 N–H and O–H groups in total. The van der Waals surface area contributed by atoms with Crippen molar-refractivity contribution in [1.82, 2.24) is 14.0 Å². The van der Waals surface area contributed by atoms with Crippen LogP contribution < -0.4 is 15.1 Å². The molecule has 0 spiro atoms. The third kappa shape index (κ3) is 5.10. The summed E-state index contributed by atoms with van der Waals surface area (Å²) in [6, 6.07) is 15.2. The van der Waals surface area contributed by atoms with Gasteiger partial charge in [0, 0.05) is 26.2 Å². The van der Waals surface area contributed by atoms with E-state index >= 15 is 0 Å². The average molecular weight is 427 g/mol. The summed E-state index contributed by atoms with van der Waals surface area (Å²) in [6.07, 6.45) is -0.741. The topological polar surface area (TPSA) is 84.9 Å². The number of aliphatic hydroxyl groups excluding tert-OH is 1. The SMILES string of the molecule is COc1ccc(OC[C@@H](O)Cn2c(=N)n(CCN3CCOCC3)c3ccccc32)cc1. The van der Waals surface area contributed by atoms with E-state index in [-0.39, 0.29) is 6.61 Å². The van der Waals surface area contributed by atoms with Crippen molar-refractivity contribution in [2.75, 3.05) is 46.6 Å². The van der Waals surface area contributed by atoms with Gasteiger partial charge in [0.15, 0.2) is 0 Å². The van der Waals surface area contributed by atoms with Gasteiger partial charge in [-0.2, -0.15) is 0 Å². The molecular formula is C23H30N4O4. The fraction of sp³-hybridized carbons (Fsp3) is 0.435. The van der Waals surface area contributed by atoms with E-state index in [0.717, 1.165) is 56.2 Å². The summed E-state index contributed by atoms with van der Waals surface area (Å²) in [5.74, 6) is 1.43. The molecule has 0 amide bonds. The lowest BCUT2D eigenvalue weighted by molar-refractivity contribution is 0.0363. The summed E-state index contributed by atoms with van der Waals surface area (Å²) in [6.45, 7) is 5.41. The number of fused-ring (bicyclic) bond motifs is 1. The zero-order valence-corrected chi connectivity index (χ0v) is 17.9. The molecule has 0 aliphatic carbocycles. The number of ether oxygens (including phenoxy) is 3. The molecule has 1 aromatic heterocycles. The van der Waals surface area contributed by atoms with E-state index in [2.05, 4.69) is 4.90 Å². The molecule has 0 bridgehead atoms. The van der Waals surface area contributed by atoms with Crippen molar-refractivity contribution >= 4 is 11.0 Å². The molecule has 0 radical (unpaired) electrons. The lowest BCUT2D eigenvalue weighted by Gasteiger charge is -2.26. The maximum Gasteiger partial charge on any atom is 0.203 e. The van der Waals surface area contributed by atoms with E-state index in [9.17, 15) is 5.11 Å². The number of nitrogens with zero attached hydrogens (tertiary/aromatic N) is 3. The fourth-order valence-electron chi connectivity index (χ4n) is 3.90. The van der Waals surface area contributed by atoms with Crippen molar-refractivity contribution in [3.8, 4) is 11.5 Å². The second-order valence-electron chi connectivity index (χ2n) is 7.67. The molecule has 0 saturated carbocycles. The highest BCUT2D eigenvalue weighted by Crippen LogP contribution is 2.18. The first-order valence-corrected chi connectivity index (χ1v) is 10.6. The van der Waals surface area contributed by atoms with Crippen LogP contribution in [0.25, 0.3) is 11.0 Å². The molecule has 3 aromatic rings. The molecule has 8 nitrogen and oxygen atoms in total. The Hall–Kier alpha value is -2.81. The van der Waals surface area contributed by atoms with Gasteiger partial charge in [0.25, 0.3) is 0 Å². The summed E-state index contributed by atoms with van der Waals surface area (Å²) >= 11 is 0. The second-order valence-corrected chi connectivity index (χ2v) is 7.67. The highest BCUT2D eigenvalue weighted by molar-refractivity contribution is 5.75. The number of nitrogens with one attached hydrogen (secondary N) is 1. The highest BCUT2D eigenvalue weighted by Gasteiger charge is 2.16. The number of rotatable bonds is 9. The van der Waals surface area contributed by atoms with Gasteiger partial charge in [-0.1, -0.05) is 12.1 Å². The Morgan fingerprint density at radius 3 is 2.29 bits per heavy atom. The normalized spacial score (nSPS) is 15.8. The minimum atomic E-state index is -0.741. The Bertz CT molecular complexity index is 1040. The van der Waals surface area contributed by atoms with Crippen molar-refractivity contribution in [2.24, 2.45) is 0 Å². The predicted octanol–water partition coefficient (Wildman–Crippen LogP) is 1.70. The van der Waals surface area contributed by atoms with Crippen LogP contribution in [0.3, 0.4) is 0 Å². The molecule has 166 valence electrons. The number of hydrogen-bond acceptors (Lipinski definition) is 6. The zero-order chi connectivity index (χ0) is 21.6. The molecule has 2 heterocycles. The monoisotopic (exact) mass is 426 g/mol. The van der Waals surface area contributed by atoms with Gasteiger partial charge in [0.1, 0.15) is 24.2 Å². The molecule has 1 saturated heterocycles. The van der Waals surface area contributed by atoms with Crippen LogP contribution in [0, 0.1) is 5.41 Å². The Balaban J connectivity index is 1.45. The minimum Gasteiger partial charge on any atom is -0.497 e. The molecule has 1 fully saturated rings. The first-order valence-electron chi connectivity index (χ1n) is 10.6. The molecule has 4 rings (SSSR count). The van der Waals surface area contributed by atoms with E-state index in [0.29, 0.717) is 17.9 Å². The Morgan fingerprint density at radius 2 is 1.61 bits per heavy atom. The van der Waals surface area contributed by atoms with Gasteiger partial charge < -0.3 is 28.5 Å². The Morgan fingerprint density at radius 1 is 0.968 bits per heavy atom. The number of aliphatic hydroxyl groups is 1. The van der Waals surface area contributed by atoms with Crippen LogP contribution in [0.15, 0.2) is 48.5 Å². The highest BCUT2D eigenvalue weighted by atomic mass is 16.5. The van der Waals surface area contributed by atoms with Gasteiger partial charge >= 0.3 is 0 Å². The smallest absolute Gasteiger partial charge is 0.203 e. The van der Waals surface area contributed by atoms with E-state index in [4.69, 9.17) is 19.6 Å². The molecule has 0 unspecified atom stereocenters. The molecular weight excluding hydrogens is 396 g/mol. The van der Waals surface area contributed by atoms with Gasteiger partial charge in [-0.3, -0.25) is 10.3 Å². The molecule has 31 heavy (non-hydrogen) atoms. The number of methoxy groups -OCH3 is 1. The Labute approximate surface area is 181 Å². The molecule has 1 aliphatic rings. The summed E-state index contributed by atoms with van der Waals surface area (Å²) in [7, 11) is 1.62. The van der Waals surface area contributed by atoms with E-state index in [1.165, 1.54) is 0 Å². The van der Waals surface area contributed by atoms with Crippen LogP contribution >= 0.6 is 0 Å². The van der Waals surface area contributed by atoms with Crippen molar-refractivity contribution in [3.05, 3.63) is 54.1 Å². The van der Waals surface area contributed by atoms with Crippen molar-refractivity contribution in [1.29, 1.82) is 5.41 Å². The maximum atomic E-state index is 10.6. The maximum absolute atomic E-state index is 10.6. The third-order valence-corrected chi connectivity index (χ3v) is 5.61. The summed E-state index contributed by atoms with van der Waals surface area (Å²) in [5.41, 5.74) is 2.33. The van der Waals surface area contributed by atoms with Gasteiger partial charge in [-0.25, -0.2) is 0 Å². The fourth-order valence-corrected chi connectivity index (χ4v) is 3.90. The first kappa shape index (κ1) is 21.4. The average Bonchev–Trinajstić information content (AvgIpc) is 3.08. The first-order chi connectivity index (χ1) is 15.2. The number of aromatic nitrogens is 2.